The predicted octanol–water partition coefficient (Wildman–Crippen LogP) is 2.83. The number of anilines is 1. The molecule has 0 amide bonds. The number of nitrogens with two attached hydrogens (primary N) is 1. The summed E-state index contributed by atoms with van der Waals surface area (Å²) in [7, 11) is 1.66. The second-order valence-electron chi connectivity index (χ2n) is 4.02. The van der Waals surface area contributed by atoms with Crippen LogP contribution in [0.15, 0.2) is 12.1 Å². The minimum atomic E-state index is -0.643. The average Bonchev–Trinajstić information content (AvgIpc) is 2.26. The van der Waals surface area contributed by atoms with Crippen LogP contribution >= 0.6 is 12.2 Å². The van der Waals surface area contributed by atoms with E-state index in [1.54, 1.807) is 11.9 Å². The van der Waals surface area contributed by atoms with Gasteiger partial charge >= 0.3 is 0 Å². The van der Waals surface area contributed by atoms with E-state index in [1.165, 1.54) is 12.1 Å². The van der Waals surface area contributed by atoms with Gasteiger partial charge in [0.2, 0.25) is 0 Å². The summed E-state index contributed by atoms with van der Waals surface area (Å²) in [6.45, 7) is 3.86. The van der Waals surface area contributed by atoms with Crippen molar-refractivity contribution in [3.8, 4) is 0 Å². The molecule has 0 aromatic heterocycles. The molecule has 0 bridgehead atoms. The van der Waals surface area contributed by atoms with Crippen LogP contribution in [-0.2, 0) is 0 Å². The Balaban J connectivity index is 3.22. The van der Waals surface area contributed by atoms with Crippen molar-refractivity contribution in [2.45, 2.75) is 26.3 Å². The highest BCUT2D eigenvalue weighted by molar-refractivity contribution is 7.80. The third-order valence-electron chi connectivity index (χ3n) is 2.91. The van der Waals surface area contributed by atoms with E-state index in [4.69, 9.17) is 18.0 Å². The van der Waals surface area contributed by atoms with Gasteiger partial charge in [-0.1, -0.05) is 19.1 Å². The molecule has 94 valence electrons. The summed E-state index contributed by atoms with van der Waals surface area (Å²) < 4.78 is 27.6. The Bertz CT molecular complexity index is 412. The van der Waals surface area contributed by atoms with Crippen LogP contribution < -0.4 is 10.6 Å². The van der Waals surface area contributed by atoms with E-state index >= 15 is 0 Å². The standard InChI is InChI=1S/C12H16F2N2S/c1-4-7(2)16(3)11-9(13)5-8(12(15)17)6-10(11)14/h5-7H,4H2,1-3H3,(H2,15,17). The Morgan fingerprint density at radius 3 is 2.24 bits per heavy atom. The van der Waals surface area contributed by atoms with Crippen molar-refractivity contribution in [2.24, 2.45) is 5.73 Å². The van der Waals surface area contributed by atoms with Crippen LogP contribution in [0.25, 0.3) is 0 Å². The zero-order valence-electron chi connectivity index (χ0n) is 10.1. The van der Waals surface area contributed by atoms with E-state index in [1.807, 2.05) is 13.8 Å². The highest BCUT2D eigenvalue weighted by Crippen LogP contribution is 2.26. The number of benzene rings is 1. The van der Waals surface area contributed by atoms with Crippen molar-refractivity contribution < 1.29 is 8.78 Å². The van der Waals surface area contributed by atoms with Gasteiger partial charge in [0.15, 0.2) is 0 Å². The number of rotatable bonds is 4. The fourth-order valence-corrected chi connectivity index (χ4v) is 1.66. The number of halogens is 2. The number of nitrogens with zero attached hydrogens (tertiary/aromatic N) is 1. The van der Waals surface area contributed by atoms with E-state index in [2.05, 4.69) is 0 Å². The summed E-state index contributed by atoms with van der Waals surface area (Å²) in [5, 5.41) is 0. The molecule has 1 aromatic carbocycles. The molecule has 2 nitrogen and oxygen atoms in total. The van der Waals surface area contributed by atoms with E-state index in [-0.39, 0.29) is 22.3 Å². The van der Waals surface area contributed by atoms with Crippen LogP contribution in [0.1, 0.15) is 25.8 Å². The predicted molar refractivity (Wildman–Crippen MR) is 70.4 cm³/mol. The first-order valence-electron chi connectivity index (χ1n) is 5.40. The normalized spacial score (nSPS) is 12.3. The molecule has 0 saturated heterocycles. The Kier molecular flexibility index (Phi) is 4.40. The summed E-state index contributed by atoms with van der Waals surface area (Å²) in [6.07, 6.45) is 0.798. The van der Waals surface area contributed by atoms with Crippen LogP contribution in [0, 0.1) is 11.6 Å². The molecular weight excluding hydrogens is 242 g/mol. The highest BCUT2D eigenvalue weighted by atomic mass is 32.1. The molecule has 0 fully saturated rings. The lowest BCUT2D eigenvalue weighted by molar-refractivity contribution is 0.557. The zero-order chi connectivity index (χ0) is 13.2. The molecule has 1 aromatic rings. The molecule has 1 atom stereocenters. The maximum Gasteiger partial charge on any atom is 0.150 e. The van der Waals surface area contributed by atoms with Crippen LogP contribution in [0.2, 0.25) is 0 Å². The van der Waals surface area contributed by atoms with E-state index in [9.17, 15) is 8.78 Å². The van der Waals surface area contributed by atoms with Gasteiger partial charge in [0.05, 0.1) is 0 Å². The van der Waals surface area contributed by atoms with Gasteiger partial charge < -0.3 is 10.6 Å². The second-order valence-corrected chi connectivity index (χ2v) is 4.46. The first kappa shape index (κ1) is 13.8. The average molecular weight is 258 g/mol. The molecule has 5 heteroatoms. The Morgan fingerprint density at radius 2 is 1.88 bits per heavy atom. The lowest BCUT2D eigenvalue weighted by Crippen LogP contribution is -2.30. The van der Waals surface area contributed by atoms with Crippen LogP contribution in [0.3, 0.4) is 0 Å². The smallest absolute Gasteiger partial charge is 0.150 e. The zero-order valence-corrected chi connectivity index (χ0v) is 10.9. The van der Waals surface area contributed by atoms with Crippen LogP contribution in [0.5, 0.6) is 0 Å². The second kappa shape index (κ2) is 5.40. The Labute approximate surface area is 105 Å². The van der Waals surface area contributed by atoms with Gasteiger partial charge in [0.25, 0.3) is 0 Å². The fourth-order valence-electron chi connectivity index (χ4n) is 1.54. The van der Waals surface area contributed by atoms with Gasteiger partial charge in [-0.3, -0.25) is 0 Å². The molecule has 1 rings (SSSR count). The maximum atomic E-state index is 13.8. The van der Waals surface area contributed by atoms with Crippen LogP contribution in [-0.4, -0.2) is 18.1 Å². The number of thiocarbonyl (C=S) groups is 1. The highest BCUT2D eigenvalue weighted by Gasteiger charge is 2.18. The molecule has 0 saturated carbocycles. The third kappa shape index (κ3) is 2.91. The molecule has 17 heavy (non-hydrogen) atoms. The lowest BCUT2D eigenvalue weighted by Gasteiger charge is -2.27. The molecule has 0 radical (unpaired) electrons. The van der Waals surface area contributed by atoms with E-state index < -0.39 is 11.6 Å². The third-order valence-corrected chi connectivity index (χ3v) is 3.14. The molecular formula is C12H16F2N2S. The first-order chi connectivity index (χ1) is 7.88. The van der Waals surface area contributed by atoms with E-state index in [0.29, 0.717) is 0 Å². The van der Waals surface area contributed by atoms with Gasteiger partial charge in [-0.15, -0.1) is 0 Å². The number of hydrogen-bond acceptors (Lipinski definition) is 2. The molecule has 1 unspecified atom stereocenters. The largest absolute Gasteiger partial charge is 0.389 e. The topological polar surface area (TPSA) is 29.3 Å². The van der Waals surface area contributed by atoms with Crippen molar-refractivity contribution in [3.63, 3.8) is 0 Å². The summed E-state index contributed by atoms with van der Waals surface area (Å²) in [5.41, 5.74) is 5.51. The first-order valence-corrected chi connectivity index (χ1v) is 5.81. The van der Waals surface area contributed by atoms with Gasteiger partial charge in [-0.2, -0.15) is 0 Å². The minimum absolute atomic E-state index is 0.0134. The lowest BCUT2D eigenvalue weighted by atomic mass is 10.1. The molecule has 2 N–H and O–H groups in total. The molecule has 0 aliphatic carbocycles. The van der Waals surface area contributed by atoms with E-state index in [0.717, 1.165) is 6.42 Å². The fraction of sp³-hybridized carbons (Fsp3) is 0.417. The molecule has 0 aliphatic heterocycles. The Hall–Kier alpha value is -1.23. The Morgan fingerprint density at radius 1 is 1.41 bits per heavy atom. The summed E-state index contributed by atoms with van der Waals surface area (Å²) in [4.78, 5) is 1.56. The quantitative estimate of drug-likeness (QED) is 0.842. The summed E-state index contributed by atoms with van der Waals surface area (Å²) >= 11 is 4.70. The SMILES string of the molecule is CCC(C)N(C)c1c(F)cc(C(N)=S)cc1F. The van der Waals surface area contributed by atoms with Crippen molar-refractivity contribution >= 4 is 22.9 Å². The van der Waals surface area contributed by atoms with Crippen LogP contribution in [0.4, 0.5) is 14.5 Å². The number of hydrogen-bond donors (Lipinski definition) is 1. The van der Waals surface area contributed by atoms with Crippen molar-refractivity contribution in [1.82, 2.24) is 0 Å². The van der Waals surface area contributed by atoms with Gasteiger partial charge in [0.1, 0.15) is 22.3 Å². The molecule has 0 spiro atoms. The van der Waals surface area contributed by atoms with Gasteiger partial charge in [-0.25, -0.2) is 8.78 Å². The van der Waals surface area contributed by atoms with Gasteiger partial charge in [0, 0.05) is 18.7 Å². The van der Waals surface area contributed by atoms with Gasteiger partial charge in [-0.05, 0) is 25.5 Å². The van der Waals surface area contributed by atoms with Crippen molar-refractivity contribution in [1.29, 1.82) is 0 Å². The monoisotopic (exact) mass is 258 g/mol. The summed E-state index contributed by atoms with van der Waals surface area (Å²) in [5.74, 6) is -1.29. The summed E-state index contributed by atoms with van der Waals surface area (Å²) in [6, 6.07) is 2.38. The maximum absolute atomic E-state index is 13.8. The molecule has 0 aliphatic rings. The molecule has 0 heterocycles. The van der Waals surface area contributed by atoms with Crippen molar-refractivity contribution in [3.05, 3.63) is 29.3 Å². The van der Waals surface area contributed by atoms with Crippen molar-refractivity contribution in [2.75, 3.05) is 11.9 Å². The minimum Gasteiger partial charge on any atom is -0.389 e.